The summed E-state index contributed by atoms with van der Waals surface area (Å²) in [6, 6.07) is 16.9. The first-order valence-electron chi connectivity index (χ1n) is 8.94. The van der Waals surface area contributed by atoms with E-state index in [1.165, 1.54) is 6.07 Å². The molecule has 29 heavy (non-hydrogen) atoms. The third-order valence-electron chi connectivity index (χ3n) is 4.69. The lowest BCUT2D eigenvalue weighted by atomic mass is 10.0. The molecule has 0 radical (unpaired) electrons. The molecule has 0 aliphatic carbocycles. The number of amides is 1. The molecule has 4 aromatic rings. The van der Waals surface area contributed by atoms with Crippen LogP contribution in [-0.4, -0.2) is 30.2 Å². The Morgan fingerprint density at radius 2 is 1.66 bits per heavy atom. The summed E-state index contributed by atoms with van der Waals surface area (Å²) in [5, 5.41) is 10.4. The minimum Gasteiger partial charge on any atom is -0.378 e. The molecule has 5 nitrogen and oxygen atoms in total. The van der Waals surface area contributed by atoms with Crippen LogP contribution in [-0.2, 0) is 0 Å². The first-order valence-corrected chi connectivity index (χ1v) is 8.94. The maximum absolute atomic E-state index is 13.4. The van der Waals surface area contributed by atoms with Gasteiger partial charge in [-0.1, -0.05) is 18.2 Å². The number of anilines is 2. The van der Waals surface area contributed by atoms with Crippen molar-refractivity contribution in [2.45, 2.75) is 0 Å². The Balaban J connectivity index is 1.59. The van der Waals surface area contributed by atoms with Gasteiger partial charge in [-0.25, -0.2) is 8.78 Å². The van der Waals surface area contributed by atoms with Crippen LogP contribution in [0.15, 0.2) is 60.7 Å². The molecule has 0 aliphatic heterocycles. The molecule has 7 heteroatoms. The van der Waals surface area contributed by atoms with E-state index in [-0.39, 0.29) is 5.56 Å². The Morgan fingerprint density at radius 3 is 2.34 bits per heavy atom. The summed E-state index contributed by atoms with van der Waals surface area (Å²) in [7, 11) is 3.98. The quantitative estimate of drug-likeness (QED) is 0.523. The van der Waals surface area contributed by atoms with Gasteiger partial charge < -0.3 is 10.2 Å². The van der Waals surface area contributed by atoms with Gasteiger partial charge in [0.15, 0.2) is 17.5 Å². The van der Waals surface area contributed by atoms with Crippen LogP contribution in [0.1, 0.15) is 10.4 Å². The molecule has 0 atom stereocenters. The van der Waals surface area contributed by atoms with Gasteiger partial charge in [-0.2, -0.15) is 5.10 Å². The Labute approximate surface area is 166 Å². The summed E-state index contributed by atoms with van der Waals surface area (Å²) >= 11 is 0. The number of halogens is 2. The fourth-order valence-corrected chi connectivity index (χ4v) is 3.06. The molecule has 1 aromatic heterocycles. The average molecular weight is 392 g/mol. The molecule has 1 amide bonds. The smallest absolute Gasteiger partial charge is 0.256 e. The molecule has 2 N–H and O–H groups in total. The van der Waals surface area contributed by atoms with Gasteiger partial charge in [0.05, 0.1) is 5.52 Å². The summed E-state index contributed by atoms with van der Waals surface area (Å²) in [5.74, 6) is -2.32. The van der Waals surface area contributed by atoms with Gasteiger partial charge in [-0.05, 0) is 53.6 Å². The lowest BCUT2D eigenvalue weighted by Crippen LogP contribution is -2.13. The minimum atomic E-state index is -1.07. The SMILES string of the molecule is CN(C)c1ccc(-c2ccc3c(NC(=O)c4ccc(F)c(F)c4)n[nH]c3c2)cc1. The number of aromatic nitrogens is 2. The first kappa shape index (κ1) is 18.6. The molecule has 0 spiro atoms. The Morgan fingerprint density at radius 1 is 0.931 bits per heavy atom. The second kappa shape index (κ2) is 7.35. The van der Waals surface area contributed by atoms with Crippen LogP contribution in [0.4, 0.5) is 20.3 Å². The van der Waals surface area contributed by atoms with Crippen molar-refractivity contribution in [3.63, 3.8) is 0 Å². The number of benzene rings is 3. The van der Waals surface area contributed by atoms with Crippen molar-refractivity contribution in [1.82, 2.24) is 10.2 Å². The van der Waals surface area contributed by atoms with Crippen LogP contribution in [0.5, 0.6) is 0 Å². The first-order chi connectivity index (χ1) is 13.9. The van der Waals surface area contributed by atoms with Crippen LogP contribution < -0.4 is 10.2 Å². The topological polar surface area (TPSA) is 61.0 Å². The fourth-order valence-electron chi connectivity index (χ4n) is 3.06. The standard InChI is InChI=1S/C22H18F2N4O/c1-28(2)16-7-3-13(4-8-16)14-5-9-17-20(12-14)26-27-21(17)25-22(29)15-6-10-18(23)19(24)11-15/h3-12H,1-2H3,(H2,25,26,27,29). The van der Waals surface area contributed by atoms with Crippen molar-refractivity contribution in [3.8, 4) is 11.1 Å². The van der Waals surface area contributed by atoms with E-state index < -0.39 is 17.5 Å². The molecule has 0 saturated heterocycles. The number of hydrogen-bond donors (Lipinski definition) is 2. The van der Waals surface area contributed by atoms with Crippen molar-refractivity contribution >= 4 is 28.3 Å². The summed E-state index contributed by atoms with van der Waals surface area (Å²) in [5.41, 5.74) is 3.93. The molecule has 0 unspecified atom stereocenters. The Bertz CT molecular complexity index is 1200. The van der Waals surface area contributed by atoms with Gasteiger partial charge >= 0.3 is 0 Å². The highest BCUT2D eigenvalue weighted by Crippen LogP contribution is 2.28. The zero-order chi connectivity index (χ0) is 20.5. The molecular formula is C22H18F2N4O. The summed E-state index contributed by atoms with van der Waals surface area (Å²) in [6.07, 6.45) is 0. The number of aromatic amines is 1. The van der Waals surface area contributed by atoms with Gasteiger partial charge in [-0.15, -0.1) is 0 Å². The van der Waals surface area contributed by atoms with E-state index in [0.29, 0.717) is 5.82 Å². The monoisotopic (exact) mass is 392 g/mol. The largest absolute Gasteiger partial charge is 0.378 e. The normalized spacial score (nSPS) is 10.9. The molecule has 4 rings (SSSR count). The third-order valence-corrected chi connectivity index (χ3v) is 4.69. The molecule has 0 bridgehead atoms. The molecule has 1 heterocycles. The number of carbonyl (C=O) groups is 1. The van der Waals surface area contributed by atoms with Crippen molar-refractivity contribution in [1.29, 1.82) is 0 Å². The number of carbonyl (C=O) groups excluding carboxylic acids is 1. The van der Waals surface area contributed by atoms with Gasteiger partial charge in [0.25, 0.3) is 5.91 Å². The summed E-state index contributed by atoms with van der Waals surface area (Å²) in [6.45, 7) is 0. The Kier molecular flexibility index (Phi) is 4.72. The van der Waals surface area contributed by atoms with Gasteiger partial charge in [0, 0.05) is 30.7 Å². The lowest BCUT2D eigenvalue weighted by molar-refractivity contribution is 0.102. The zero-order valence-corrected chi connectivity index (χ0v) is 15.8. The molecular weight excluding hydrogens is 374 g/mol. The van der Waals surface area contributed by atoms with E-state index >= 15 is 0 Å². The van der Waals surface area contributed by atoms with Crippen LogP contribution in [0.25, 0.3) is 22.0 Å². The fraction of sp³-hybridized carbons (Fsp3) is 0.0909. The van der Waals surface area contributed by atoms with E-state index in [4.69, 9.17) is 0 Å². The molecule has 0 fully saturated rings. The summed E-state index contributed by atoms with van der Waals surface area (Å²) in [4.78, 5) is 14.4. The van der Waals surface area contributed by atoms with Crippen LogP contribution in [0.2, 0.25) is 0 Å². The van der Waals surface area contributed by atoms with Crippen LogP contribution >= 0.6 is 0 Å². The van der Waals surface area contributed by atoms with E-state index in [2.05, 4.69) is 15.5 Å². The van der Waals surface area contributed by atoms with Crippen LogP contribution in [0.3, 0.4) is 0 Å². The highest BCUT2D eigenvalue weighted by Gasteiger charge is 2.14. The third kappa shape index (κ3) is 3.67. The van der Waals surface area contributed by atoms with Crippen molar-refractivity contribution < 1.29 is 13.6 Å². The lowest BCUT2D eigenvalue weighted by Gasteiger charge is -2.12. The van der Waals surface area contributed by atoms with Gasteiger partial charge in [0.1, 0.15) is 0 Å². The molecule has 0 saturated carbocycles. The number of H-pyrrole nitrogens is 1. The predicted molar refractivity (Wildman–Crippen MR) is 110 cm³/mol. The average Bonchev–Trinajstić information content (AvgIpc) is 3.12. The van der Waals surface area contributed by atoms with Crippen molar-refractivity contribution in [2.75, 3.05) is 24.3 Å². The predicted octanol–water partition coefficient (Wildman–Crippen LogP) is 4.83. The maximum Gasteiger partial charge on any atom is 0.256 e. The summed E-state index contributed by atoms with van der Waals surface area (Å²) < 4.78 is 26.4. The van der Waals surface area contributed by atoms with E-state index in [1.54, 1.807) is 0 Å². The number of fused-ring (bicyclic) bond motifs is 1. The van der Waals surface area contributed by atoms with E-state index in [9.17, 15) is 13.6 Å². The zero-order valence-electron chi connectivity index (χ0n) is 15.8. The highest BCUT2D eigenvalue weighted by molar-refractivity contribution is 6.08. The van der Waals surface area contributed by atoms with Gasteiger partial charge in [0.2, 0.25) is 0 Å². The molecule has 0 aliphatic rings. The number of nitrogens with one attached hydrogen (secondary N) is 2. The molecule has 3 aromatic carbocycles. The number of hydrogen-bond acceptors (Lipinski definition) is 3. The van der Waals surface area contributed by atoms with Crippen molar-refractivity contribution in [3.05, 3.63) is 77.9 Å². The maximum atomic E-state index is 13.4. The van der Waals surface area contributed by atoms with Crippen LogP contribution in [0, 0.1) is 11.6 Å². The molecule has 146 valence electrons. The Hall–Kier alpha value is -3.74. The van der Waals surface area contributed by atoms with Crippen molar-refractivity contribution in [2.24, 2.45) is 0 Å². The van der Waals surface area contributed by atoms with E-state index in [0.717, 1.165) is 39.8 Å². The van der Waals surface area contributed by atoms with E-state index in [1.807, 2.05) is 61.5 Å². The number of nitrogens with zero attached hydrogens (tertiary/aromatic N) is 2. The highest BCUT2D eigenvalue weighted by atomic mass is 19.2. The second-order valence-electron chi connectivity index (χ2n) is 6.86. The minimum absolute atomic E-state index is 0.0117. The second-order valence-corrected chi connectivity index (χ2v) is 6.86. The number of rotatable bonds is 4. The van der Waals surface area contributed by atoms with Gasteiger partial charge in [-0.3, -0.25) is 9.89 Å².